The van der Waals surface area contributed by atoms with Crippen LogP contribution in [0.5, 0.6) is 5.75 Å². The third-order valence-electron chi connectivity index (χ3n) is 4.22. The molecule has 1 aliphatic rings. The van der Waals surface area contributed by atoms with E-state index in [1.165, 1.54) is 0 Å². The lowest BCUT2D eigenvalue weighted by atomic mass is 9.87. The molecule has 1 unspecified atom stereocenters. The molecule has 1 aliphatic carbocycles. The van der Waals surface area contributed by atoms with Gasteiger partial charge in [-0.15, -0.1) is 0 Å². The van der Waals surface area contributed by atoms with E-state index in [9.17, 15) is 8.78 Å². The molecule has 0 bridgehead atoms. The summed E-state index contributed by atoms with van der Waals surface area (Å²) in [6, 6.07) is 5.50. The average Bonchev–Trinajstić information content (AvgIpc) is 2.85. The molecule has 1 fully saturated rings. The smallest absolute Gasteiger partial charge is 0.387 e. The molecule has 2 nitrogen and oxygen atoms in total. The largest absolute Gasteiger partial charge is 0.435 e. The van der Waals surface area contributed by atoms with Crippen molar-refractivity contribution in [1.82, 2.24) is 0 Å². The van der Waals surface area contributed by atoms with Gasteiger partial charge in [-0.25, -0.2) is 0 Å². The summed E-state index contributed by atoms with van der Waals surface area (Å²) >= 11 is 0. The molecular weight excluding hydrogens is 236 g/mol. The first-order chi connectivity index (χ1) is 8.32. The summed E-state index contributed by atoms with van der Waals surface area (Å²) in [4.78, 5) is 0. The molecule has 0 aromatic heterocycles. The Hall–Kier alpha value is -1.16. The number of aryl methyl sites for hydroxylation is 1. The maximum atomic E-state index is 12.3. The number of alkyl halides is 2. The zero-order chi connectivity index (χ0) is 13.6. The van der Waals surface area contributed by atoms with Gasteiger partial charge in [0.05, 0.1) is 0 Å². The minimum absolute atomic E-state index is 0.0963. The van der Waals surface area contributed by atoms with Crippen LogP contribution in [-0.2, 0) is 5.41 Å². The summed E-state index contributed by atoms with van der Waals surface area (Å²) in [5.74, 6) is 0.248. The molecule has 1 atom stereocenters. The Kier molecular flexibility index (Phi) is 3.09. The number of halogens is 2. The van der Waals surface area contributed by atoms with E-state index in [1.54, 1.807) is 13.0 Å². The quantitative estimate of drug-likeness (QED) is 0.896. The Morgan fingerprint density at radius 3 is 2.44 bits per heavy atom. The number of rotatable bonds is 4. The van der Waals surface area contributed by atoms with Gasteiger partial charge in [0.25, 0.3) is 0 Å². The lowest BCUT2D eigenvalue weighted by Crippen LogP contribution is -2.25. The number of ether oxygens (including phenoxy) is 1. The molecule has 18 heavy (non-hydrogen) atoms. The molecule has 0 aliphatic heterocycles. The molecular formula is C14H19F2NO. The highest BCUT2D eigenvalue weighted by atomic mass is 19.3. The van der Waals surface area contributed by atoms with Gasteiger partial charge in [0.2, 0.25) is 0 Å². The molecule has 2 N–H and O–H groups in total. The van der Waals surface area contributed by atoms with Gasteiger partial charge in [0.15, 0.2) is 0 Å². The highest BCUT2D eigenvalue weighted by molar-refractivity contribution is 5.45. The maximum Gasteiger partial charge on any atom is 0.387 e. The average molecular weight is 255 g/mol. The molecule has 0 spiro atoms. The molecule has 0 saturated heterocycles. The monoisotopic (exact) mass is 255 g/mol. The van der Waals surface area contributed by atoms with Crippen molar-refractivity contribution in [2.24, 2.45) is 11.1 Å². The van der Waals surface area contributed by atoms with Crippen LogP contribution in [-0.4, -0.2) is 13.2 Å². The number of nitrogens with two attached hydrogens (primary N) is 1. The third kappa shape index (κ3) is 1.99. The van der Waals surface area contributed by atoms with Crippen LogP contribution in [0.2, 0.25) is 0 Å². The van der Waals surface area contributed by atoms with Gasteiger partial charge in [-0.3, -0.25) is 0 Å². The highest BCUT2D eigenvalue weighted by Gasteiger charge is 2.61. The van der Waals surface area contributed by atoms with Gasteiger partial charge in [-0.2, -0.15) is 8.78 Å². The van der Waals surface area contributed by atoms with E-state index in [0.717, 1.165) is 12.0 Å². The summed E-state index contributed by atoms with van der Waals surface area (Å²) in [6.45, 7) is 3.78. The van der Waals surface area contributed by atoms with Gasteiger partial charge in [-0.05, 0) is 36.0 Å². The van der Waals surface area contributed by atoms with Crippen LogP contribution in [0.3, 0.4) is 0 Å². The molecule has 0 amide bonds. The first-order valence-corrected chi connectivity index (χ1v) is 6.08. The van der Waals surface area contributed by atoms with E-state index in [1.807, 2.05) is 12.1 Å². The van der Waals surface area contributed by atoms with E-state index >= 15 is 0 Å². The second-order valence-electron chi connectivity index (χ2n) is 5.71. The minimum Gasteiger partial charge on any atom is -0.435 e. The third-order valence-corrected chi connectivity index (χ3v) is 4.22. The summed E-state index contributed by atoms with van der Waals surface area (Å²) < 4.78 is 29.2. The van der Waals surface area contributed by atoms with Gasteiger partial charge in [-0.1, -0.05) is 26.0 Å². The fourth-order valence-corrected chi connectivity index (χ4v) is 2.79. The van der Waals surface area contributed by atoms with E-state index in [4.69, 9.17) is 5.73 Å². The lowest BCUT2D eigenvalue weighted by molar-refractivity contribution is -0.0503. The minimum atomic E-state index is -2.79. The molecule has 0 radical (unpaired) electrons. The fraction of sp³-hybridized carbons (Fsp3) is 0.571. The second-order valence-corrected chi connectivity index (χ2v) is 5.71. The second kappa shape index (κ2) is 4.19. The zero-order valence-electron chi connectivity index (χ0n) is 11.0. The Morgan fingerprint density at radius 1 is 1.39 bits per heavy atom. The molecule has 0 heterocycles. The van der Waals surface area contributed by atoms with Gasteiger partial charge < -0.3 is 10.5 Å². The Balaban J connectivity index is 2.36. The van der Waals surface area contributed by atoms with Crippen molar-refractivity contribution >= 4 is 0 Å². The van der Waals surface area contributed by atoms with E-state index in [-0.39, 0.29) is 16.6 Å². The number of hydrogen-bond donors (Lipinski definition) is 1. The van der Waals surface area contributed by atoms with Crippen molar-refractivity contribution in [3.8, 4) is 5.75 Å². The Morgan fingerprint density at radius 2 is 2.00 bits per heavy atom. The van der Waals surface area contributed by atoms with Crippen molar-refractivity contribution in [3.05, 3.63) is 29.3 Å². The summed E-state index contributed by atoms with van der Waals surface area (Å²) in [5.41, 5.74) is 7.61. The predicted octanol–water partition coefficient (Wildman–Crippen LogP) is 3.22. The molecule has 2 rings (SSSR count). The lowest BCUT2D eigenvalue weighted by Gasteiger charge is -2.20. The highest BCUT2D eigenvalue weighted by Crippen LogP contribution is 2.63. The normalized spacial score (nSPS) is 25.3. The van der Waals surface area contributed by atoms with E-state index < -0.39 is 6.61 Å². The van der Waals surface area contributed by atoms with Crippen LogP contribution < -0.4 is 10.5 Å². The van der Waals surface area contributed by atoms with Crippen molar-refractivity contribution in [2.75, 3.05) is 6.54 Å². The maximum absolute atomic E-state index is 12.3. The van der Waals surface area contributed by atoms with Crippen LogP contribution in [0.15, 0.2) is 18.2 Å². The molecule has 1 aromatic rings. The van der Waals surface area contributed by atoms with Crippen LogP contribution in [0.4, 0.5) is 8.78 Å². The standard InChI is InChI=1S/C14H19F2NO/c1-9-4-5-10(6-11(9)18-12(15)16)14(8-17)7-13(14,2)3/h4-6,12H,7-8,17H2,1-3H3. The van der Waals surface area contributed by atoms with E-state index in [0.29, 0.717) is 12.1 Å². The first-order valence-electron chi connectivity index (χ1n) is 6.08. The van der Waals surface area contributed by atoms with Gasteiger partial charge >= 0.3 is 6.61 Å². The Bertz CT molecular complexity index is 459. The van der Waals surface area contributed by atoms with Gasteiger partial charge in [0.1, 0.15) is 5.75 Å². The number of benzene rings is 1. The Labute approximate surface area is 106 Å². The summed E-state index contributed by atoms with van der Waals surface area (Å²) in [7, 11) is 0. The van der Waals surface area contributed by atoms with Crippen molar-refractivity contribution in [1.29, 1.82) is 0 Å². The summed E-state index contributed by atoms with van der Waals surface area (Å²) in [5, 5.41) is 0. The van der Waals surface area contributed by atoms with Crippen LogP contribution in [0, 0.1) is 12.3 Å². The topological polar surface area (TPSA) is 35.2 Å². The first kappa shape index (κ1) is 13.3. The van der Waals surface area contributed by atoms with Crippen molar-refractivity contribution in [2.45, 2.75) is 39.2 Å². The fourth-order valence-electron chi connectivity index (χ4n) is 2.79. The van der Waals surface area contributed by atoms with Crippen molar-refractivity contribution in [3.63, 3.8) is 0 Å². The van der Waals surface area contributed by atoms with Crippen LogP contribution in [0.25, 0.3) is 0 Å². The molecule has 100 valence electrons. The van der Waals surface area contributed by atoms with Gasteiger partial charge in [0, 0.05) is 12.0 Å². The number of hydrogen-bond acceptors (Lipinski definition) is 2. The molecule has 1 saturated carbocycles. The van der Waals surface area contributed by atoms with Crippen LogP contribution >= 0.6 is 0 Å². The molecule has 1 aromatic carbocycles. The van der Waals surface area contributed by atoms with Crippen molar-refractivity contribution < 1.29 is 13.5 Å². The zero-order valence-corrected chi connectivity index (χ0v) is 11.0. The predicted molar refractivity (Wildman–Crippen MR) is 66.9 cm³/mol. The van der Waals surface area contributed by atoms with Crippen LogP contribution in [0.1, 0.15) is 31.4 Å². The van der Waals surface area contributed by atoms with E-state index in [2.05, 4.69) is 18.6 Å². The molecule has 4 heteroatoms. The summed E-state index contributed by atoms with van der Waals surface area (Å²) in [6.07, 6.45) is 0.980. The SMILES string of the molecule is Cc1ccc(C2(CN)CC2(C)C)cc1OC(F)F.